The van der Waals surface area contributed by atoms with Crippen molar-refractivity contribution >= 4 is 63.3 Å². The Morgan fingerprint density at radius 2 is 1.25 bits per heavy atom. The Kier molecular flexibility index (Phi) is 7.63. The van der Waals surface area contributed by atoms with E-state index in [2.05, 4.69) is 10.2 Å². The van der Waals surface area contributed by atoms with Gasteiger partial charge in [0.25, 0.3) is 0 Å². The summed E-state index contributed by atoms with van der Waals surface area (Å²) in [6.45, 7) is 0. The van der Waals surface area contributed by atoms with Crippen LogP contribution in [-0.4, -0.2) is 38.9 Å². The van der Waals surface area contributed by atoms with Gasteiger partial charge in [0.2, 0.25) is 0 Å². The van der Waals surface area contributed by atoms with Crippen LogP contribution in [0.5, 0.6) is 5.75 Å². The summed E-state index contributed by atoms with van der Waals surface area (Å²) in [4.78, 5) is -2.68. The van der Waals surface area contributed by atoms with E-state index < -0.39 is 61.9 Å². The van der Waals surface area contributed by atoms with E-state index in [1.54, 1.807) is 0 Å². The van der Waals surface area contributed by atoms with Gasteiger partial charge in [0.1, 0.15) is 30.4 Å². The standard InChI is InChI=1S/C20H14N2O10S3.Na/c23-16-7-5-11-9-12(33(24,25)26)10-18(35(30,31)32)19(11)20(16)22-21-15-6-8-17(34(27,28)29)14-4-2-1-3-13(14)15;/h1-10,23H,(H,24,25,26)(H,27,28,29)(H,30,31,32);/q;+1/p-4. The van der Waals surface area contributed by atoms with Gasteiger partial charge in [-0.15, -0.1) is 5.11 Å². The molecule has 0 fully saturated rings. The molecule has 4 rings (SSSR count). The Hall–Kier alpha value is -2.47. The van der Waals surface area contributed by atoms with Crippen LogP contribution in [0.3, 0.4) is 0 Å². The predicted molar refractivity (Wildman–Crippen MR) is 115 cm³/mol. The van der Waals surface area contributed by atoms with E-state index in [0.717, 1.165) is 30.3 Å². The number of nitrogens with zero attached hydrogens (tertiary/aromatic N) is 2. The van der Waals surface area contributed by atoms with Crippen molar-refractivity contribution < 1.29 is 73.6 Å². The van der Waals surface area contributed by atoms with Gasteiger partial charge in [-0.3, -0.25) is 0 Å². The molecule has 16 heteroatoms. The average Bonchev–Trinajstić information content (AvgIpc) is 2.75. The Balaban J connectivity index is 0.00000361. The maximum atomic E-state index is 12.5. The minimum absolute atomic E-state index is 0. The van der Waals surface area contributed by atoms with Gasteiger partial charge in [0, 0.05) is 16.2 Å². The van der Waals surface area contributed by atoms with E-state index in [1.165, 1.54) is 24.3 Å². The first kappa shape index (κ1) is 28.1. The first-order valence-corrected chi connectivity index (χ1v) is 13.5. The molecule has 0 spiro atoms. The SMILES string of the molecule is O=S(=O)([O-])c1cc(S(=O)(=O)[O-])c2c(N=Nc3ccc(S(=O)(=O)[O-])c4ccccc34)c([O-])ccc2c1.[Na+]. The van der Waals surface area contributed by atoms with Gasteiger partial charge in [0.15, 0.2) is 0 Å². The van der Waals surface area contributed by atoms with E-state index in [9.17, 15) is 44.0 Å². The van der Waals surface area contributed by atoms with Gasteiger partial charge in [-0.2, -0.15) is 5.11 Å². The van der Waals surface area contributed by atoms with Crippen molar-refractivity contribution in [3.8, 4) is 5.75 Å². The smallest absolute Gasteiger partial charge is 0.871 e. The molecule has 4 aromatic carbocycles. The molecule has 182 valence electrons. The summed E-state index contributed by atoms with van der Waals surface area (Å²) in [6, 6.07) is 11.0. The van der Waals surface area contributed by atoms with E-state index >= 15 is 0 Å². The van der Waals surface area contributed by atoms with Gasteiger partial charge in [-0.05, 0) is 29.7 Å². The first-order chi connectivity index (χ1) is 16.2. The Bertz CT molecular complexity index is 1890. The summed E-state index contributed by atoms with van der Waals surface area (Å²) >= 11 is 0. The average molecular weight is 557 g/mol. The third-order valence-corrected chi connectivity index (χ3v) is 7.51. The zero-order chi connectivity index (χ0) is 25.8. The summed E-state index contributed by atoms with van der Waals surface area (Å²) in [7, 11) is -15.4. The maximum absolute atomic E-state index is 12.5. The second kappa shape index (κ2) is 9.77. The molecule has 12 nitrogen and oxygen atoms in total. The topological polar surface area (TPSA) is 219 Å². The summed E-state index contributed by atoms with van der Waals surface area (Å²) in [5.74, 6) is -0.882. The second-order valence-corrected chi connectivity index (χ2v) is 11.2. The molecule has 0 heterocycles. The monoisotopic (exact) mass is 557 g/mol. The molecule has 0 unspecified atom stereocenters. The predicted octanol–water partition coefficient (Wildman–Crippen LogP) is -0.802. The van der Waals surface area contributed by atoms with Crippen molar-refractivity contribution in [3.63, 3.8) is 0 Å². The molecule has 0 bridgehead atoms. The van der Waals surface area contributed by atoms with E-state index in [4.69, 9.17) is 0 Å². The number of rotatable bonds is 5. The van der Waals surface area contributed by atoms with Crippen molar-refractivity contribution in [1.82, 2.24) is 0 Å². The van der Waals surface area contributed by atoms with Gasteiger partial charge < -0.3 is 18.8 Å². The van der Waals surface area contributed by atoms with Crippen LogP contribution in [0.4, 0.5) is 11.4 Å². The normalized spacial score (nSPS) is 12.8. The van der Waals surface area contributed by atoms with Crippen molar-refractivity contribution in [2.75, 3.05) is 0 Å². The molecule has 36 heavy (non-hydrogen) atoms. The Labute approximate surface area is 226 Å². The van der Waals surface area contributed by atoms with Crippen LogP contribution in [0.1, 0.15) is 0 Å². The minimum atomic E-state index is -5.39. The van der Waals surface area contributed by atoms with Crippen molar-refractivity contribution in [1.29, 1.82) is 0 Å². The molecule has 0 saturated heterocycles. The fourth-order valence-electron chi connectivity index (χ4n) is 3.47. The molecular weight excluding hydrogens is 547 g/mol. The molecule has 0 atom stereocenters. The van der Waals surface area contributed by atoms with Crippen LogP contribution in [0.15, 0.2) is 85.6 Å². The van der Waals surface area contributed by atoms with Crippen LogP contribution in [0.25, 0.3) is 21.5 Å². The summed E-state index contributed by atoms with van der Waals surface area (Å²) in [5, 5.41) is 19.6. The second-order valence-electron chi connectivity index (χ2n) is 7.12. The maximum Gasteiger partial charge on any atom is 1.00 e. The van der Waals surface area contributed by atoms with Crippen LogP contribution in [-0.2, 0) is 30.4 Å². The fourth-order valence-corrected chi connectivity index (χ4v) is 5.49. The van der Waals surface area contributed by atoms with Crippen LogP contribution in [0, 0.1) is 0 Å². The summed E-state index contributed by atoms with van der Waals surface area (Å²) in [5.41, 5.74) is -0.647. The largest absolute Gasteiger partial charge is 1.00 e. The molecule has 0 aromatic heterocycles. The van der Waals surface area contributed by atoms with E-state index in [0.29, 0.717) is 6.07 Å². The molecule has 0 amide bonds. The van der Waals surface area contributed by atoms with Crippen molar-refractivity contribution in [2.45, 2.75) is 14.7 Å². The molecule has 0 aliphatic carbocycles. The molecule has 0 saturated carbocycles. The fraction of sp³-hybridized carbons (Fsp3) is 0. The number of fused-ring (bicyclic) bond motifs is 2. The van der Waals surface area contributed by atoms with Crippen LogP contribution >= 0.6 is 0 Å². The van der Waals surface area contributed by atoms with Gasteiger partial charge in [-0.1, -0.05) is 42.1 Å². The zero-order valence-electron chi connectivity index (χ0n) is 18.0. The van der Waals surface area contributed by atoms with Gasteiger partial charge in [0.05, 0.1) is 26.1 Å². The summed E-state index contributed by atoms with van der Waals surface area (Å²) in [6.07, 6.45) is 0. The Morgan fingerprint density at radius 1 is 0.639 bits per heavy atom. The molecule has 0 aliphatic heterocycles. The molecule has 4 aromatic rings. The summed E-state index contributed by atoms with van der Waals surface area (Å²) < 4.78 is 104. The molecule has 0 aliphatic rings. The van der Waals surface area contributed by atoms with Crippen molar-refractivity contribution in [3.05, 3.63) is 60.7 Å². The van der Waals surface area contributed by atoms with Crippen LogP contribution in [0.2, 0.25) is 0 Å². The number of benzene rings is 4. The number of hydrogen-bond acceptors (Lipinski definition) is 12. The number of hydrogen-bond donors (Lipinski definition) is 0. The molecular formula is C20H10N2NaO10S3-3. The Morgan fingerprint density at radius 3 is 1.83 bits per heavy atom. The van der Waals surface area contributed by atoms with E-state index in [-0.39, 0.29) is 51.4 Å². The van der Waals surface area contributed by atoms with Crippen LogP contribution < -0.4 is 34.7 Å². The first-order valence-electron chi connectivity index (χ1n) is 9.27. The van der Waals surface area contributed by atoms with Gasteiger partial charge >= 0.3 is 29.6 Å². The molecule has 0 radical (unpaired) electrons. The third kappa shape index (κ3) is 5.44. The van der Waals surface area contributed by atoms with Crippen molar-refractivity contribution in [2.24, 2.45) is 10.2 Å². The van der Waals surface area contributed by atoms with E-state index in [1.807, 2.05) is 0 Å². The molecule has 0 N–H and O–H groups in total. The zero-order valence-corrected chi connectivity index (χ0v) is 22.4. The third-order valence-electron chi connectivity index (χ3n) is 4.94. The quantitative estimate of drug-likeness (QED) is 0.169. The number of azo groups is 1. The van der Waals surface area contributed by atoms with Gasteiger partial charge in [-0.25, -0.2) is 25.3 Å². The minimum Gasteiger partial charge on any atom is -0.871 e.